The summed E-state index contributed by atoms with van der Waals surface area (Å²) < 4.78 is 17.8. The van der Waals surface area contributed by atoms with Crippen LogP contribution in [0.25, 0.3) is 6.08 Å². The van der Waals surface area contributed by atoms with Gasteiger partial charge in [0, 0.05) is 18.2 Å². The fraction of sp³-hybridized carbons (Fsp3) is 0.111. The monoisotopic (exact) mass is 266 g/mol. The molecular weight excluding hydrogens is 251 g/mol. The molecule has 2 aromatic rings. The van der Waals surface area contributed by atoms with Gasteiger partial charge in [-0.3, -0.25) is 0 Å². The molecule has 2 heteroatoms. The third kappa shape index (κ3) is 4.08. The standard InChI is InChI=1S/C18H15FO/c1-20-14-4-7-16-5-2-3-6-17(16)11-8-15-9-12-18(19)13-10-15/h2-7,9-10,12-13H,14H2,1H3. The molecule has 2 rings (SSSR count). The van der Waals surface area contributed by atoms with E-state index < -0.39 is 0 Å². The molecule has 1 nitrogen and oxygen atoms in total. The molecular formula is C18H15FO. The van der Waals surface area contributed by atoms with Gasteiger partial charge in [-0.05, 0) is 35.9 Å². The number of ether oxygens (including phenoxy) is 1. The summed E-state index contributed by atoms with van der Waals surface area (Å²) >= 11 is 0. The second kappa shape index (κ2) is 7.28. The maximum atomic E-state index is 12.8. The van der Waals surface area contributed by atoms with Gasteiger partial charge in [0.05, 0.1) is 6.61 Å². The lowest BCUT2D eigenvalue weighted by atomic mass is 10.1. The highest BCUT2D eigenvalue weighted by Gasteiger charge is 1.94. The first kappa shape index (κ1) is 14.0. The van der Waals surface area contributed by atoms with Gasteiger partial charge in [-0.15, -0.1) is 0 Å². The smallest absolute Gasteiger partial charge is 0.123 e. The lowest BCUT2D eigenvalue weighted by Gasteiger charge is -1.98. The highest BCUT2D eigenvalue weighted by molar-refractivity contribution is 5.60. The molecule has 0 heterocycles. The van der Waals surface area contributed by atoms with Crippen molar-refractivity contribution in [2.45, 2.75) is 0 Å². The Bertz CT molecular complexity index is 645. The third-order valence-electron chi connectivity index (χ3n) is 2.71. The number of hydrogen-bond donors (Lipinski definition) is 0. The predicted molar refractivity (Wildman–Crippen MR) is 79.7 cm³/mol. The van der Waals surface area contributed by atoms with Crippen molar-refractivity contribution in [1.29, 1.82) is 0 Å². The van der Waals surface area contributed by atoms with Gasteiger partial charge in [0.1, 0.15) is 5.82 Å². The zero-order valence-corrected chi connectivity index (χ0v) is 11.3. The van der Waals surface area contributed by atoms with Crippen molar-refractivity contribution in [3.05, 3.63) is 77.1 Å². The van der Waals surface area contributed by atoms with Crippen LogP contribution in [0.3, 0.4) is 0 Å². The second-order valence-corrected chi connectivity index (χ2v) is 4.20. The Morgan fingerprint density at radius 3 is 2.55 bits per heavy atom. The molecule has 0 saturated carbocycles. The van der Waals surface area contributed by atoms with Gasteiger partial charge in [0.15, 0.2) is 0 Å². The van der Waals surface area contributed by atoms with E-state index in [1.807, 2.05) is 36.4 Å². The maximum absolute atomic E-state index is 12.8. The van der Waals surface area contributed by atoms with E-state index in [9.17, 15) is 4.39 Å². The van der Waals surface area contributed by atoms with Crippen LogP contribution in [0.4, 0.5) is 4.39 Å². The minimum absolute atomic E-state index is 0.251. The molecule has 0 amide bonds. The average Bonchev–Trinajstić information content (AvgIpc) is 2.48. The van der Waals surface area contributed by atoms with Gasteiger partial charge >= 0.3 is 0 Å². The minimum atomic E-state index is -0.251. The van der Waals surface area contributed by atoms with Gasteiger partial charge in [0.25, 0.3) is 0 Å². The first-order valence-corrected chi connectivity index (χ1v) is 6.31. The van der Waals surface area contributed by atoms with Gasteiger partial charge in [0.2, 0.25) is 0 Å². The molecule has 0 fully saturated rings. The zero-order valence-electron chi connectivity index (χ0n) is 11.3. The molecule has 0 bridgehead atoms. The minimum Gasteiger partial charge on any atom is -0.381 e. The third-order valence-corrected chi connectivity index (χ3v) is 2.71. The van der Waals surface area contributed by atoms with E-state index >= 15 is 0 Å². The SMILES string of the molecule is COCC=Cc1ccccc1C#Cc1ccc(F)cc1. The summed E-state index contributed by atoms with van der Waals surface area (Å²) in [5.41, 5.74) is 2.77. The molecule has 100 valence electrons. The van der Waals surface area contributed by atoms with Crippen molar-refractivity contribution < 1.29 is 9.13 Å². The molecule has 0 aliphatic carbocycles. The zero-order chi connectivity index (χ0) is 14.2. The van der Waals surface area contributed by atoms with Crippen molar-refractivity contribution in [3.63, 3.8) is 0 Å². The van der Waals surface area contributed by atoms with E-state index in [2.05, 4.69) is 11.8 Å². The molecule has 0 aromatic heterocycles. The van der Waals surface area contributed by atoms with Crippen LogP contribution in [0.15, 0.2) is 54.6 Å². The first-order chi connectivity index (χ1) is 9.79. The fourth-order valence-electron chi connectivity index (χ4n) is 1.70. The van der Waals surface area contributed by atoms with Crippen LogP contribution in [-0.2, 0) is 4.74 Å². The van der Waals surface area contributed by atoms with Crippen LogP contribution in [0, 0.1) is 17.7 Å². The van der Waals surface area contributed by atoms with Crippen molar-refractivity contribution in [2.75, 3.05) is 13.7 Å². The normalized spacial score (nSPS) is 10.3. The van der Waals surface area contributed by atoms with E-state index in [0.717, 1.165) is 16.7 Å². The second-order valence-electron chi connectivity index (χ2n) is 4.20. The summed E-state index contributed by atoms with van der Waals surface area (Å²) in [6.45, 7) is 0.569. The topological polar surface area (TPSA) is 9.23 Å². The molecule has 0 aliphatic rings. The summed E-state index contributed by atoms with van der Waals surface area (Å²) in [7, 11) is 1.66. The Labute approximate surface area is 118 Å². The highest BCUT2D eigenvalue weighted by Crippen LogP contribution is 2.10. The Kier molecular flexibility index (Phi) is 5.11. The Morgan fingerprint density at radius 2 is 1.80 bits per heavy atom. The number of benzene rings is 2. The number of halogens is 1. The largest absolute Gasteiger partial charge is 0.381 e. The van der Waals surface area contributed by atoms with Gasteiger partial charge in [-0.2, -0.15) is 0 Å². The highest BCUT2D eigenvalue weighted by atomic mass is 19.1. The maximum Gasteiger partial charge on any atom is 0.123 e. The van der Waals surface area contributed by atoms with Crippen LogP contribution >= 0.6 is 0 Å². The van der Waals surface area contributed by atoms with Crippen LogP contribution in [-0.4, -0.2) is 13.7 Å². The van der Waals surface area contributed by atoms with Crippen LogP contribution in [0.1, 0.15) is 16.7 Å². The number of methoxy groups -OCH3 is 1. The number of hydrogen-bond acceptors (Lipinski definition) is 1. The molecule has 0 aliphatic heterocycles. The molecule has 0 radical (unpaired) electrons. The molecule has 20 heavy (non-hydrogen) atoms. The average molecular weight is 266 g/mol. The van der Waals surface area contributed by atoms with Crippen LogP contribution < -0.4 is 0 Å². The molecule has 0 N–H and O–H groups in total. The molecule has 0 saturated heterocycles. The quantitative estimate of drug-likeness (QED) is 0.766. The molecule has 0 atom stereocenters. The van der Waals surface area contributed by atoms with E-state index in [0.29, 0.717) is 6.61 Å². The van der Waals surface area contributed by atoms with Gasteiger partial charge in [-0.25, -0.2) is 4.39 Å². The van der Waals surface area contributed by atoms with E-state index in [4.69, 9.17) is 4.74 Å². The Hall–Kier alpha value is -2.37. The van der Waals surface area contributed by atoms with E-state index in [1.54, 1.807) is 19.2 Å². The molecule has 2 aromatic carbocycles. The molecule has 0 spiro atoms. The summed E-state index contributed by atoms with van der Waals surface area (Å²) in [5.74, 6) is 5.90. The van der Waals surface area contributed by atoms with Crippen LogP contribution in [0.5, 0.6) is 0 Å². The first-order valence-electron chi connectivity index (χ1n) is 6.31. The molecule has 0 unspecified atom stereocenters. The summed E-state index contributed by atoms with van der Waals surface area (Å²) in [5, 5.41) is 0. The summed E-state index contributed by atoms with van der Waals surface area (Å²) in [6, 6.07) is 14.0. The lowest BCUT2D eigenvalue weighted by Crippen LogP contribution is -1.84. The van der Waals surface area contributed by atoms with Crippen molar-refractivity contribution in [3.8, 4) is 11.8 Å². The van der Waals surface area contributed by atoms with Crippen molar-refractivity contribution >= 4 is 6.08 Å². The van der Waals surface area contributed by atoms with Crippen molar-refractivity contribution in [1.82, 2.24) is 0 Å². The van der Waals surface area contributed by atoms with Crippen LogP contribution in [0.2, 0.25) is 0 Å². The van der Waals surface area contributed by atoms with Gasteiger partial charge in [-0.1, -0.05) is 42.2 Å². The number of rotatable bonds is 3. The Balaban J connectivity index is 2.23. The predicted octanol–water partition coefficient (Wildman–Crippen LogP) is 3.89. The lowest BCUT2D eigenvalue weighted by molar-refractivity contribution is 0.234. The summed E-state index contributed by atoms with van der Waals surface area (Å²) in [6.07, 6.45) is 3.93. The van der Waals surface area contributed by atoms with E-state index in [1.165, 1.54) is 12.1 Å². The Morgan fingerprint density at radius 1 is 1.05 bits per heavy atom. The van der Waals surface area contributed by atoms with Crippen molar-refractivity contribution in [2.24, 2.45) is 0 Å². The van der Waals surface area contributed by atoms with Gasteiger partial charge < -0.3 is 4.74 Å². The summed E-state index contributed by atoms with van der Waals surface area (Å²) in [4.78, 5) is 0. The fourth-order valence-corrected chi connectivity index (χ4v) is 1.70. The van der Waals surface area contributed by atoms with E-state index in [-0.39, 0.29) is 5.82 Å².